The van der Waals surface area contributed by atoms with Crippen molar-refractivity contribution in [3.63, 3.8) is 0 Å². The van der Waals surface area contributed by atoms with Gasteiger partial charge in [-0.05, 0) is 36.4 Å². The Morgan fingerprint density at radius 3 is 2.54 bits per heavy atom. The molecule has 2 aromatic carbocycles. The van der Waals surface area contributed by atoms with Crippen LogP contribution in [0, 0.1) is 5.82 Å². The Bertz CT molecular complexity index is 1680. The number of fused-ring (bicyclic) bond motifs is 1. The Morgan fingerprint density at radius 2 is 1.85 bits per heavy atom. The van der Waals surface area contributed by atoms with Crippen LogP contribution in [0.1, 0.15) is 6.42 Å². The van der Waals surface area contributed by atoms with Crippen molar-refractivity contribution in [1.29, 1.82) is 0 Å². The number of cyclic esters (lactones) is 1. The second-order valence-corrected chi connectivity index (χ2v) is 11.0. The molecule has 0 spiro atoms. The summed E-state index contributed by atoms with van der Waals surface area (Å²) in [6.45, 7) is 1.16. The number of aromatic hydroxyl groups is 2. The zero-order valence-corrected chi connectivity index (χ0v) is 25.1. The Hall–Kier alpha value is -4.93. The van der Waals surface area contributed by atoms with Gasteiger partial charge in [0.15, 0.2) is 0 Å². The first kappa shape index (κ1) is 32.5. The summed E-state index contributed by atoms with van der Waals surface area (Å²) >= 11 is 4.53. The van der Waals surface area contributed by atoms with Crippen LogP contribution < -0.4 is 15.1 Å². The van der Waals surface area contributed by atoms with E-state index < -0.39 is 29.4 Å². The van der Waals surface area contributed by atoms with E-state index >= 15 is 4.39 Å². The second-order valence-electron chi connectivity index (χ2n) is 10.5. The molecule has 0 saturated carbocycles. The third kappa shape index (κ3) is 6.98. The summed E-state index contributed by atoms with van der Waals surface area (Å²) in [6.07, 6.45) is -3.71. The molecule has 0 bridgehead atoms. The van der Waals surface area contributed by atoms with Crippen LogP contribution in [0.15, 0.2) is 46.6 Å². The smallest absolute Gasteiger partial charge is 0.414 e. The van der Waals surface area contributed by atoms with Gasteiger partial charge < -0.3 is 34.9 Å². The van der Waals surface area contributed by atoms with Gasteiger partial charge in [0.1, 0.15) is 29.7 Å². The maximum atomic E-state index is 15.2. The number of alkyl halides is 2. The van der Waals surface area contributed by atoms with Crippen LogP contribution in [-0.4, -0.2) is 101 Å². The molecule has 17 heteroatoms. The minimum atomic E-state index is -2.82. The van der Waals surface area contributed by atoms with Crippen LogP contribution in [0.2, 0.25) is 0 Å². The molecule has 2 fully saturated rings. The topological polar surface area (TPSA) is 152 Å². The molecular formula is C29H30F3N7O6S. The van der Waals surface area contributed by atoms with Crippen molar-refractivity contribution in [3.05, 3.63) is 42.2 Å². The summed E-state index contributed by atoms with van der Waals surface area (Å²) in [5.41, 5.74) is 0.932. The summed E-state index contributed by atoms with van der Waals surface area (Å²) in [7, 11) is 0. The van der Waals surface area contributed by atoms with Gasteiger partial charge in [0.25, 0.3) is 6.43 Å². The molecule has 0 unspecified atom stereocenters. The highest BCUT2D eigenvalue weighted by Gasteiger charge is 2.33. The van der Waals surface area contributed by atoms with Gasteiger partial charge >= 0.3 is 6.09 Å². The number of carbonyl (C=O) groups excluding carboxylic acids is 3. The van der Waals surface area contributed by atoms with Gasteiger partial charge in [-0.2, -0.15) is 10.2 Å². The lowest BCUT2D eigenvalue weighted by Gasteiger charge is -2.36. The summed E-state index contributed by atoms with van der Waals surface area (Å²) in [5.74, 6) is -1.22. The number of thiocarbonyl (C=S) groups is 1. The van der Waals surface area contributed by atoms with Gasteiger partial charge in [-0.25, -0.2) is 18.0 Å². The fraction of sp³-hybridized carbons (Fsp3) is 0.379. The highest BCUT2D eigenvalue weighted by atomic mass is 32.1. The van der Waals surface area contributed by atoms with E-state index in [0.29, 0.717) is 54.6 Å². The Kier molecular flexibility index (Phi) is 9.89. The zero-order valence-electron chi connectivity index (χ0n) is 24.3. The number of ether oxygens (including phenoxy) is 1. The maximum absolute atomic E-state index is 15.2. The number of azo groups is 1. The number of piperazine rings is 1. The first-order valence-corrected chi connectivity index (χ1v) is 14.7. The number of nitrogens with one attached hydrogen (secondary N) is 1. The van der Waals surface area contributed by atoms with Crippen molar-refractivity contribution in [2.45, 2.75) is 25.5 Å². The van der Waals surface area contributed by atoms with Crippen molar-refractivity contribution in [3.8, 4) is 11.8 Å². The van der Waals surface area contributed by atoms with Crippen LogP contribution in [0.4, 0.5) is 35.0 Å². The largest absolute Gasteiger partial charge is 0.494 e. The van der Waals surface area contributed by atoms with Gasteiger partial charge in [-0.15, -0.1) is 0 Å². The van der Waals surface area contributed by atoms with E-state index in [-0.39, 0.29) is 56.0 Å². The van der Waals surface area contributed by atoms with Gasteiger partial charge in [0.05, 0.1) is 30.2 Å². The summed E-state index contributed by atoms with van der Waals surface area (Å²) in [4.78, 5) is 39.7. The molecule has 0 radical (unpaired) electrons. The molecule has 3 N–H and O–H groups in total. The highest BCUT2D eigenvalue weighted by molar-refractivity contribution is 7.80. The number of hydrogen-bond donors (Lipinski definition) is 3. The number of anilines is 2. The number of hydrogen-bond acceptors (Lipinski definition) is 10. The van der Waals surface area contributed by atoms with Gasteiger partial charge in [0.2, 0.25) is 17.7 Å². The molecule has 1 atom stereocenters. The molecule has 2 amide bonds. The van der Waals surface area contributed by atoms with E-state index in [0.717, 1.165) is 0 Å². The number of halogens is 3. The Balaban J connectivity index is 1.14. The second kappa shape index (κ2) is 14.0. The van der Waals surface area contributed by atoms with Crippen molar-refractivity contribution < 1.29 is 42.5 Å². The fourth-order valence-corrected chi connectivity index (χ4v) is 5.43. The number of carbonyl (C=O) groups is 3. The van der Waals surface area contributed by atoms with E-state index in [9.17, 15) is 33.4 Å². The zero-order chi connectivity index (χ0) is 33.0. The highest BCUT2D eigenvalue weighted by Crippen LogP contribution is 2.38. The molecule has 46 heavy (non-hydrogen) atoms. The van der Waals surface area contributed by atoms with E-state index in [2.05, 4.69) is 27.8 Å². The summed E-state index contributed by atoms with van der Waals surface area (Å²) in [6, 6.07) is 8.95. The monoisotopic (exact) mass is 661 g/mol. The molecular weight excluding hydrogens is 631 g/mol. The normalized spacial score (nSPS) is 16.9. The number of nitrogens with zero attached hydrogens (tertiary/aromatic N) is 6. The SMILES string of the molecule is O=CCN=Nc1ccc2c(O)n(CCC(=O)N3CCN(c4ccc(N5C[C@H](CNC(=S)C(F)F)OC5=O)cc4F)CC3)c(O)c2c1. The quantitative estimate of drug-likeness (QED) is 0.159. The van der Waals surface area contributed by atoms with E-state index in [4.69, 9.17) is 4.74 Å². The van der Waals surface area contributed by atoms with Crippen LogP contribution in [0.3, 0.4) is 0 Å². The van der Waals surface area contributed by atoms with Crippen molar-refractivity contribution in [1.82, 2.24) is 14.8 Å². The molecule has 2 aliphatic heterocycles. The average Bonchev–Trinajstić information content (AvgIpc) is 3.53. The van der Waals surface area contributed by atoms with Crippen molar-refractivity contribution >= 4 is 63.3 Å². The molecule has 0 aliphatic carbocycles. The lowest BCUT2D eigenvalue weighted by Crippen LogP contribution is -2.49. The van der Waals surface area contributed by atoms with Gasteiger partial charge in [0, 0.05) is 49.9 Å². The number of amides is 2. The van der Waals surface area contributed by atoms with E-state index in [1.165, 1.54) is 27.7 Å². The molecule has 3 aromatic rings. The number of benzene rings is 2. The molecule has 1 aromatic heterocycles. The first-order chi connectivity index (χ1) is 22.1. The fourth-order valence-electron chi connectivity index (χ4n) is 5.35. The van der Waals surface area contributed by atoms with Crippen LogP contribution in [-0.2, 0) is 20.9 Å². The van der Waals surface area contributed by atoms with Gasteiger partial charge in [-0.1, -0.05) is 12.2 Å². The molecule has 244 valence electrons. The predicted octanol–water partition coefficient (Wildman–Crippen LogP) is 3.72. The predicted molar refractivity (Wildman–Crippen MR) is 165 cm³/mol. The lowest BCUT2D eigenvalue weighted by molar-refractivity contribution is -0.131. The van der Waals surface area contributed by atoms with Gasteiger partial charge in [-0.3, -0.25) is 14.3 Å². The van der Waals surface area contributed by atoms with Crippen LogP contribution in [0.25, 0.3) is 10.8 Å². The van der Waals surface area contributed by atoms with Crippen LogP contribution >= 0.6 is 12.2 Å². The molecule has 5 rings (SSSR count). The number of aldehydes is 1. The van der Waals surface area contributed by atoms with E-state index in [1.807, 2.05) is 0 Å². The first-order valence-electron chi connectivity index (χ1n) is 14.3. The van der Waals surface area contributed by atoms with Crippen molar-refractivity contribution in [2.24, 2.45) is 10.2 Å². The Labute approximate surface area is 265 Å². The molecule has 13 nitrogen and oxygen atoms in total. The van der Waals surface area contributed by atoms with Crippen molar-refractivity contribution in [2.75, 3.05) is 55.6 Å². The third-order valence-corrected chi connectivity index (χ3v) is 8.00. The number of aromatic nitrogens is 1. The summed E-state index contributed by atoms with van der Waals surface area (Å²) < 4.78 is 46.8. The molecule has 2 aliphatic rings. The molecule has 2 saturated heterocycles. The minimum Gasteiger partial charge on any atom is -0.494 e. The number of rotatable bonds is 11. The lowest BCUT2D eigenvalue weighted by atomic mass is 10.2. The van der Waals surface area contributed by atoms with E-state index in [1.54, 1.807) is 28.0 Å². The third-order valence-electron chi connectivity index (χ3n) is 7.68. The Morgan fingerprint density at radius 1 is 1.11 bits per heavy atom. The standard InChI is InChI=1S/C29H30F3N7O6S/c30-22-14-18(39-16-19(45-29(39)44)15-33-26(46)25(31)32)2-4-23(22)36-8-10-37(11-9-36)24(41)5-7-38-27(42)20-3-1-17(35-34-6-12-40)13-21(20)28(38)43/h1-4,12-14,19,25,42-43H,5-11,15-16H2,(H,33,46)/t19-/m0/s1. The minimum absolute atomic E-state index is 0.00651. The maximum Gasteiger partial charge on any atom is 0.414 e. The summed E-state index contributed by atoms with van der Waals surface area (Å²) in [5, 5.41) is 32.0. The molecule has 3 heterocycles. The van der Waals surface area contributed by atoms with Crippen LogP contribution in [0.5, 0.6) is 11.8 Å². The average molecular weight is 662 g/mol.